The number of amides is 1. The predicted octanol–water partition coefficient (Wildman–Crippen LogP) is 3.46. The first-order chi connectivity index (χ1) is 8.45. The Bertz CT molecular complexity index is 510. The predicted molar refractivity (Wildman–Crippen MR) is 65.5 cm³/mol. The zero-order valence-corrected chi connectivity index (χ0v) is 9.55. The molecule has 1 aliphatic carbocycles. The molecule has 2 nitrogen and oxygen atoms in total. The van der Waals surface area contributed by atoms with Crippen molar-refractivity contribution in [2.24, 2.45) is 5.92 Å². The number of nitrogens with one attached hydrogen (secondary N) is 1. The number of fused-ring (bicyclic) bond motifs is 3. The van der Waals surface area contributed by atoms with E-state index >= 15 is 0 Å². The van der Waals surface area contributed by atoms with Crippen LogP contribution in [-0.2, 0) is 17.4 Å². The van der Waals surface area contributed by atoms with Crippen LogP contribution in [0.15, 0.2) is 18.2 Å². The number of rotatable bonds is 0. The van der Waals surface area contributed by atoms with Gasteiger partial charge in [-0.05, 0) is 42.0 Å². The first-order valence-corrected chi connectivity index (χ1v) is 5.94. The summed E-state index contributed by atoms with van der Waals surface area (Å²) < 4.78 is 37.9. The minimum atomic E-state index is -4.30. The topological polar surface area (TPSA) is 29.1 Å². The highest BCUT2D eigenvalue weighted by molar-refractivity contribution is 5.77. The number of carbonyl (C=O) groups is 1. The van der Waals surface area contributed by atoms with Gasteiger partial charge in [0.2, 0.25) is 5.91 Å². The fourth-order valence-corrected chi connectivity index (χ4v) is 2.94. The molecule has 104 valence electrons. The molecule has 2 aliphatic rings. The first-order valence-electron chi connectivity index (χ1n) is 5.94. The summed E-state index contributed by atoms with van der Waals surface area (Å²) in [6.07, 6.45) is -2.44. The Morgan fingerprint density at radius 2 is 2.00 bits per heavy atom. The molecule has 0 radical (unpaired) electrons. The zero-order valence-electron chi connectivity index (χ0n) is 9.55. The van der Waals surface area contributed by atoms with Crippen LogP contribution in [0, 0.1) is 5.92 Å². The Morgan fingerprint density at radius 3 is 2.68 bits per heavy atom. The molecule has 19 heavy (non-hydrogen) atoms. The largest absolute Gasteiger partial charge is 0.416 e. The van der Waals surface area contributed by atoms with Crippen LogP contribution in [0.5, 0.6) is 0 Å². The van der Waals surface area contributed by atoms with Crippen LogP contribution < -0.4 is 5.32 Å². The number of piperidine rings is 1. The smallest absolute Gasteiger partial charge is 0.349 e. The molecule has 1 saturated heterocycles. The Labute approximate surface area is 110 Å². The molecule has 1 aromatic rings. The van der Waals surface area contributed by atoms with Crippen LogP contribution in [0.3, 0.4) is 0 Å². The summed E-state index contributed by atoms with van der Waals surface area (Å²) in [4.78, 5) is 11.4. The fourth-order valence-electron chi connectivity index (χ4n) is 2.94. The summed E-state index contributed by atoms with van der Waals surface area (Å²) in [7, 11) is 0. The molecule has 1 aliphatic heterocycles. The van der Waals surface area contributed by atoms with Gasteiger partial charge in [0, 0.05) is 6.42 Å². The molecular weight excluding hydrogens is 255 g/mol. The number of alkyl halides is 3. The van der Waals surface area contributed by atoms with E-state index in [4.69, 9.17) is 0 Å². The quantitative estimate of drug-likeness (QED) is 0.769. The number of carbonyl (C=O) groups excluding carboxylic acids is 1. The molecule has 5 heteroatoms. The third-order valence-electron chi connectivity index (χ3n) is 3.82. The number of hydrogen-bond acceptors (Lipinski definition) is 1. The van der Waals surface area contributed by atoms with Crippen molar-refractivity contribution in [2.45, 2.75) is 38.9 Å². The average molecular weight is 271 g/mol. The average Bonchev–Trinajstić information content (AvgIpc) is 2.65. The Hall–Kier alpha value is -1.52. The molecule has 0 aromatic heterocycles. The van der Waals surface area contributed by atoms with Gasteiger partial charge in [-0.25, -0.2) is 0 Å². The van der Waals surface area contributed by atoms with Gasteiger partial charge in [0.05, 0.1) is 11.6 Å². The second-order valence-electron chi connectivity index (χ2n) is 4.96. The summed E-state index contributed by atoms with van der Waals surface area (Å²) in [5.74, 6) is 0.241. The molecular formula is C14H16F3NO. The molecule has 1 aromatic carbocycles. The monoisotopic (exact) mass is 271 g/mol. The number of benzene rings is 1. The van der Waals surface area contributed by atoms with Crippen molar-refractivity contribution in [2.75, 3.05) is 0 Å². The highest BCUT2D eigenvalue weighted by atomic mass is 19.4. The maximum atomic E-state index is 12.6. The van der Waals surface area contributed by atoms with Crippen LogP contribution in [0.1, 0.15) is 43.0 Å². The van der Waals surface area contributed by atoms with Gasteiger partial charge in [-0.2, -0.15) is 13.2 Å². The lowest BCUT2D eigenvalue weighted by atomic mass is 9.91. The van der Waals surface area contributed by atoms with E-state index in [2.05, 4.69) is 5.32 Å². The van der Waals surface area contributed by atoms with Crippen LogP contribution >= 0.6 is 0 Å². The summed E-state index contributed by atoms with van der Waals surface area (Å²) in [6, 6.07) is 3.74. The van der Waals surface area contributed by atoms with E-state index in [-0.39, 0.29) is 25.3 Å². The molecule has 3 rings (SSSR count). The molecule has 0 spiro atoms. The molecule has 0 bridgehead atoms. The second-order valence-corrected chi connectivity index (χ2v) is 4.96. The normalized spacial score (nSPS) is 25.1. The number of halogens is 3. The van der Waals surface area contributed by atoms with E-state index in [0.717, 1.165) is 23.6 Å². The molecule has 1 amide bonds. The van der Waals surface area contributed by atoms with Gasteiger partial charge in [-0.1, -0.05) is 13.5 Å². The van der Waals surface area contributed by atoms with Crippen molar-refractivity contribution >= 4 is 5.91 Å². The van der Waals surface area contributed by atoms with Crippen LogP contribution in [-0.4, -0.2) is 5.91 Å². The Kier molecular flexibility index (Phi) is 3.32. The van der Waals surface area contributed by atoms with Gasteiger partial charge in [-0.3, -0.25) is 4.79 Å². The highest BCUT2D eigenvalue weighted by Gasteiger charge is 2.38. The van der Waals surface area contributed by atoms with Crippen molar-refractivity contribution < 1.29 is 18.0 Å². The van der Waals surface area contributed by atoms with Crippen molar-refractivity contribution in [3.63, 3.8) is 0 Å². The van der Waals surface area contributed by atoms with E-state index in [9.17, 15) is 18.0 Å². The molecule has 1 fully saturated rings. The van der Waals surface area contributed by atoms with E-state index in [1.165, 1.54) is 12.1 Å². The van der Waals surface area contributed by atoms with Crippen LogP contribution in [0.4, 0.5) is 13.2 Å². The maximum absolute atomic E-state index is 12.6. The fraction of sp³-hybridized carbons (Fsp3) is 0.500. The van der Waals surface area contributed by atoms with Crippen LogP contribution in [0.25, 0.3) is 0 Å². The summed E-state index contributed by atoms with van der Waals surface area (Å²) >= 11 is 0. The van der Waals surface area contributed by atoms with Crippen LogP contribution in [0.2, 0.25) is 0 Å². The lowest BCUT2D eigenvalue weighted by molar-refractivity contribution is -0.137. The van der Waals surface area contributed by atoms with E-state index in [0.29, 0.717) is 12.8 Å². The highest BCUT2D eigenvalue weighted by Crippen LogP contribution is 2.42. The third-order valence-corrected chi connectivity index (χ3v) is 3.82. The summed E-state index contributed by atoms with van der Waals surface area (Å²) in [5, 5.41) is 2.87. The van der Waals surface area contributed by atoms with Gasteiger partial charge in [0.25, 0.3) is 0 Å². The summed E-state index contributed by atoms with van der Waals surface area (Å²) in [6.45, 7) is 0. The lowest BCUT2D eigenvalue weighted by Crippen LogP contribution is -2.36. The molecule has 2 atom stereocenters. The minimum Gasteiger partial charge on any atom is -0.349 e. The first kappa shape index (κ1) is 13.9. The van der Waals surface area contributed by atoms with Gasteiger partial charge in [-0.15, -0.1) is 0 Å². The van der Waals surface area contributed by atoms with Crippen molar-refractivity contribution in [1.29, 1.82) is 0 Å². The Morgan fingerprint density at radius 1 is 1.26 bits per heavy atom. The van der Waals surface area contributed by atoms with Crippen molar-refractivity contribution in [1.82, 2.24) is 5.32 Å². The Balaban J connectivity index is 0.00000133. The van der Waals surface area contributed by atoms with E-state index in [1.807, 2.05) is 0 Å². The zero-order chi connectivity index (χ0) is 12.9. The van der Waals surface area contributed by atoms with Gasteiger partial charge >= 0.3 is 6.18 Å². The van der Waals surface area contributed by atoms with Gasteiger partial charge in [0.1, 0.15) is 0 Å². The second kappa shape index (κ2) is 4.54. The third kappa shape index (κ3) is 2.33. The molecule has 0 saturated carbocycles. The standard InChI is InChI=1S/C13H12F3NO.CH4/c14-13(15,16)9-2-3-10-8(6-9)5-7-1-4-11(18)17-12(7)10;/h2-3,6-7,12H,1,4-5H2,(H,17,18);1H4/t7-,12-;/m1./s1. The van der Waals surface area contributed by atoms with Crippen molar-refractivity contribution in [3.8, 4) is 0 Å². The SMILES string of the molecule is C.O=C1CC[C@@H]2Cc3cc(C(F)(F)F)ccc3[C@@H]2N1. The molecule has 0 unspecified atom stereocenters. The van der Waals surface area contributed by atoms with Crippen molar-refractivity contribution in [3.05, 3.63) is 34.9 Å². The molecule has 1 heterocycles. The van der Waals surface area contributed by atoms with Gasteiger partial charge in [0.15, 0.2) is 0 Å². The summed E-state index contributed by atoms with van der Waals surface area (Å²) in [5.41, 5.74) is 0.967. The number of hydrogen-bond donors (Lipinski definition) is 1. The molecule has 1 N–H and O–H groups in total. The van der Waals surface area contributed by atoms with Gasteiger partial charge < -0.3 is 5.32 Å². The lowest BCUT2D eigenvalue weighted by Gasteiger charge is -2.26. The minimum absolute atomic E-state index is 0. The van der Waals surface area contributed by atoms with E-state index in [1.54, 1.807) is 0 Å². The maximum Gasteiger partial charge on any atom is 0.416 e. The van der Waals surface area contributed by atoms with E-state index < -0.39 is 11.7 Å².